The van der Waals surface area contributed by atoms with Crippen LogP contribution in [0.25, 0.3) is 0 Å². The Morgan fingerprint density at radius 1 is 1.53 bits per heavy atom. The van der Waals surface area contributed by atoms with Crippen LogP contribution in [0.5, 0.6) is 5.75 Å². The van der Waals surface area contributed by atoms with Gasteiger partial charge in [-0.25, -0.2) is 4.79 Å². The fourth-order valence-corrected chi connectivity index (χ4v) is 2.16. The number of carbonyl (C=O) groups is 1. The van der Waals surface area contributed by atoms with Crippen molar-refractivity contribution in [1.29, 1.82) is 0 Å². The third-order valence-electron chi connectivity index (χ3n) is 2.98. The van der Waals surface area contributed by atoms with Crippen molar-refractivity contribution >= 4 is 11.7 Å². The zero-order valence-electron chi connectivity index (χ0n) is 10.3. The molecule has 1 aliphatic rings. The van der Waals surface area contributed by atoms with E-state index in [1.54, 1.807) is 7.11 Å². The van der Waals surface area contributed by atoms with E-state index in [4.69, 9.17) is 4.74 Å². The fraction of sp³-hybridized carbons (Fsp3) is 0.462. The van der Waals surface area contributed by atoms with Gasteiger partial charge in [0.25, 0.3) is 0 Å². The van der Waals surface area contributed by atoms with Crippen LogP contribution < -0.4 is 15.0 Å². The molecule has 1 N–H and O–H groups in total. The lowest BCUT2D eigenvalue weighted by atomic mass is 10.0. The minimum Gasteiger partial charge on any atom is -0.497 e. The molecule has 17 heavy (non-hydrogen) atoms. The van der Waals surface area contributed by atoms with E-state index in [9.17, 15) is 4.79 Å². The Morgan fingerprint density at radius 3 is 3.06 bits per heavy atom. The van der Waals surface area contributed by atoms with Crippen LogP contribution in [0.15, 0.2) is 18.2 Å². The molecule has 1 aromatic carbocycles. The first-order valence-electron chi connectivity index (χ1n) is 5.98. The van der Waals surface area contributed by atoms with E-state index in [-0.39, 0.29) is 6.03 Å². The number of carbonyl (C=O) groups excluding carboxylic acids is 1. The molecule has 4 heteroatoms. The molecule has 4 nitrogen and oxygen atoms in total. The number of nitrogens with zero attached hydrogens (tertiary/aromatic N) is 1. The molecule has 2 rings (SSSR count). The summed E-state index contributed by atoms with van der Waals surface area (Å²) in [5.41, 5.74) is 2.19. The molecule has 2 amide bonds. The molecule has 0 fully saturated rings. The Labute approximate surface area is 102 Å². The lowest BCUT2D eigenvalue weighted by Gasteiger charge is -2.29. The number of anilines is 1. The van der Waals surface area contributed by atoms with Gasteiger partial charge >= 0.3 is 6.03 Å². The second-order valence-corrected chi connectivity index (χ2v) is 4.09. The summed E-state index contributed by atoms with van der Waals surface area (Å²) in [6, 6.07) is 5.86. The second-order valence-electron chi connectivity index (χ2n) is 4.09. The van der Waals surface area contributed by atoms with Crippen molar-refractivity contribution in [2.24, 2.45) is 0 Å². The summed E-state index contributed by atoms with van der Waals surface area (Å²) < 4.78 is 5.20. The van der Waals surface area contributed by atoms with Crippen LogP contribution in [0.1, 0.15) is 18.9 Å². The van der Waals surface area contributed by atoms with Gasteiger partial charge < -0.3 is 10.1 Å². The number of hydrogen-bond donors (Lipinski definition) is 1. The van der Waals surface area contributed by atoms with Gasteiger partial charge in [0.05, 0.1) is 7.11 Å². The maximum atomic E-state index is 11.9. The maximum Gasteiger partial charge on any atom is 0.321 e. The number of aryl methyl sites for hydroxylation is 1. The molecule has 0 bridgehead atoms. The van der Waals surface area contributed by atoms with Gasteiger partial charge in [0.1, 0.15) is 5.75 Å². The van der Waals surface area contributed by atoms with Crippen LogP contribution in [0.3, 0.4) is 0 Å². The molecule has 1 heterocycles. The van der Waals surface area contributed by atoms with Gasteiger partial charge in [0.2, 0.25) is 0 Å². The molecular weight excluding hydrogens is 216 g/mol. The Kier molecular flexibility index (Phi) is 3.52. The SMILES string of the molecule is CCNC(=O)N1CCCc2cc(OC)ccc21. The predicted molar refractivity (Wildman–Crippen MR) is 67.7 cm³/mol. The molecule has 0 saturated heterocycles. The molecule has 0 saturated carbocycles. The highest BCUT2D eigenvalue weighted by atomic mass is 16.5. The number of hydrogen-bond acceptors (Lipinski definition) is 2. The highest BCUT2D eigenvalue weighted by Gasteiger charge is 2.22. The molecule has 0 atom stereocenters. The molecule has 0 radical (unpaired) electrons. The summed E-state index contributed by atoms with van der Waals surface area (Å²) in [5.74, 6) is 0.849. The molecule has 0 aromatic heterocycles. The quantitative estimate of drug-likeness (QED) is 0.852. The molecule has 0 unspecified atom stereocenters. The summed E-state index contributed by atoms with van der Waals surface area (Å²) in [6.45, 7) is 3.36. The Balaban J connectivity index is 2.28. The molecule has 1 aromatic rings. The average Bonchev–Trinajstić information content (AvgIpc) is 2.37. The number of benzene rings is 1. The standard InChI is InChI=1S/C13H18N2O2/c1-3-14-13(16)15-8-4-5-10-9-11(17-2)6-7-12(10)15/h6-7,9H,3-5,8H2,1-2H3,(H,14,16). The van der Waals surface area contributed by atoms with Gasteiger partial charge in [-0.3, -0.25) is 4.90 Å². The molecular formula is C13H18N2O2. The van der Waals surface area contributed by atoms with E-state index < -0.39 is 0 Å². The molecule has 0 aliphatic carbocycles. The van der Waals surface area contributed by atoms with Crippen LogP contribution in [0.4, 0.5) is 10.5 Å². The number of urea groups is 1. The normalized spacial score (nSPS) is 14.1. The second kappa shape index (κ2) is 5.08. The third-order valence-corrected chi connectivity index (χ3v) is 2.98. The van der Waals surface area contributed by atoms with Crippen LogP contribution in [-0.4, -0.2) is 26.2 Å². The van der Waals surface area contributed by atoms with Crippen LogP contribution in [0, 0.1) is 0 Å². The predicted octanol–water partition coefficient (Wildman–Crippen LogP) is 2.18. The summed E-state index contributed by atoms with van der Waals surface area (Å²) >= 11 is 0. The highest BCUT2D eigenvalue weighted by Crippen LogP contribution is 2.30. The smallest absolute Gasteiger partial charge is 0.321 e. The zero-order valence-corrected chi connectivity index (χ0v) is 10.3. The van der Waals surface area contributed by atoms with Crippen LogP contribution in [-0.2, 0) is 6.42 Å². The van der Waals surface area contributed by atoms with Crippen molar-refractivity contribution in [3.8, 4) is 5.75 Å². The first kappa shape index (κ1) is 11.8. The number of fused-ring (bicyclic) bond motifs is 1. The largest absolute Gasteiger partial charge is 0.497 e. The minimum absolute atomic E-state index is 0.0152. The fourth-order valence-electron chi connectivity index (χ4n) is 2.16. The van der Waals surface area contributed by atoms with E-state index in [2.05, 4.69) is 5.32 Å². The first-order valence-corrected chi connectivity index (χ1v) is 5.98. The number of methoxy groups -OCH3 is 1. The van der Waals surface area contributed by atoms with Gasteiger partial charge in [-0.05, 0) is 43.5 Å². The summed E-state index contributed by atoms with van der Waals surface area (Å²) in [4.78, 5) is 13.7. The van der Waals surface area contributed by atoms with Gasteiger partial charge in [0.15, 0.2) is 0 Å². The lowest BCUT2D eigenvalue weighted by molar-refractivity contribution is 0.246. The van der Waals surface area contributed by atoms with E-state index >= 15 is 0 Å². The van der Waals surface area contributed by atoms with Crippen molar-refractivity contribution in [3.63, 3.8) is 0 Å². The Morgan fingerprint density at radius 2 is 2.35 bits per heavy atom. The van der Waals surface area contributed by atoms with E-state index in [0.717, 1.165) is 30.8 Å². The summed E-state index contributed by atoms with van der Waals surface area (Å²) in [5, 5.41) is 2.84. The van der Waals surface area contributed by atoms with Crippen molar-refractivity contribution in [2.75, 3.05) is 25.1 Å². The van der Waals surface area contributed by atoms with Crippen molar-refractivity contribution < 1.29 is 9.53 Å². The Hall–Kier alpha value is -1.71. The molecule has 1 aliphatic heterocycles. The van der Waals surface area contributed by atoms with E-state index in [0.29, 0.717) is 6.54 Å². The van der Waals surface area contributed by atoms with Gasteiger partial charge in [-0.15, -0.1) is 0 Å². The number of ether oxygens (including phenoxy) is 1. The number of rotatable bonds is 2. The van der Waals surface area contributed by atoms with Gasteiger partial charge in [-0.1, -0.05) is 0 Å². The van der Waals surface area contributed by atoms with Gasteiger partial charge in [-0.2, -0.15) is 0 Å². The average molecular weight is 234 g/mol. The molecule has 0 spiro atoms. The van der Waals surface area contributed by atoms with Crippen molar-refractivity contribution in [3.05, 3.63) is 23.8 Å². The molecule has 92 valence electrons. The number of nitrogens with one attached hydrogen (secondary N) is 1. The topological polar surface area (TPSA) is 41.6 Å². The first-order chi connectivity index (χ1) is 8.26. The monoisotopic (exact) mass is 234 g/mol. The van der Waals surface area contributed by atoms with Crippen LogP contribution >= 0.6 is 0 Å². The maximum absolute atomic E-state index is 11.9. The van der Waals surface area contributed by atoms with Crippen molar-refractivity contribution in [1.82, 2.24) is 5.32 Å². The van der Waals surface area contributed by atoms with E-state index in [1.807, 2.05) is 30.0 Å². The van der Waals surface area contributed by atoms with Gasteiger partial charge in [0, 0.05) is 18.8 Å². The van der Waals surface area contributed by atoms with Crippen molar-refractivity contribution in [2.45, 2.75) is 19.8 Å². The van der Waals surface area contributed by atoms with E-state index in [1.165, 1.54) is 5.56 Å². The third kappa shape index (κ3) is 2.35. The zero-order chi connectivity index (χ0) is 12.3. The summed E-state index contributed by atoms with van der Waals surface area (Å²) in [7, 11) is 1.66. The van der Waals surface area contributed by atoms with Crippen LogP contribution in [0.2, 0.25) is 0 Å². The summed E-state index contributed by atoms with van der Waals surface area (Å²) in [6.07, 6.45) is 2.00. The minimum atomic E-state index is -0.0152. The highest BCUT2D eigenvalue weighted by molar-refractivity contribution is 5.93. The number of amides is 2. The Bertz CT molecular complexity index is 418. The lowest BCUT2D eigenvalue weighted by Crippen LogP contribution is -2.42.